The van der Waals surface area contributed by atoms with Gasteiger partial charge in [0, 0.05) is 12.6 Å². The average molecular weight is 265 g/mol. The predicted molar refractivity (Wildman–Crippen MR) is 71.3 cm³/mol. The van der Waals surface area contributed by atoms with Crippen molar-refractivity contribution in [3.05, 3.63) is 29.8 Å². The number of carbonyl (C=O) groups is 2. The fourth-order valence-electron chi connectivity index (χ4n) is 1.36. The maximum Gasteiger partial charge on any atom is 0.417 e. The summed E-state index contributed by atoms with van der Waals surface area (Å²) in [4.78, 5) is 24.8. The van der Waals surface area contributed by atoms with E-state index in [1.54, 1.807) is 45.0 Å². The molecular formula is C14H19NO4. The second-order valence-electron chi connectivity index (χ2n) is 5.08. The maximum atomic E-state index is 12.1. The summed E-state index contributed by atoms with van der Waals surface area (Å²) in [5.74, 6) is 0.122. The first-order valence-corrected chi connectivity index (χ1v) is 5.89. The molecule has 0 saturated heterocycles. The first-order valence-electron chi connectivity index (χ1n) is 5.89. The van der Waals surface area contributed by atoms with Gasteiger partial charge in [-0.3, -0.25) is 4.79 Å². The van der Waals surface area contributed by atoms with E-state index in [1.165, 1.54) is 14.2 Å². The molecule has 5 heteroatoms. The SMILES string of the molecule is COc1cccc(C(=O)N(C)C(=O)OC(C)(C)C)c1. The largest absolute Gasteiger partial charge is 0.497 e. The number of hydrogen-bond acceptors (Lipinski definition) is 4. The smallest absolute Gasteiger partial charge is 0.417 e. The molecule has 5 nitrogen and oxygen atoms in total. The van der Waals surface area contributed by atoms with Gasteiger partial charge in [-0.2, -0.15) is 0 Å². The van der Waals surface area contributed by atoms with Crippen molar-refractivity contribution >= 4 is 12.0 Å². The summed E-state index contributed by atoms with van der Waals surface area (Å²) in [5.41, 5.74) is -0.271. The third kappa shape index (κ3) is 4.28. The maximum absolute atomic E-state index is 12.1. The lowest BCUT2D eigenvalue weighted by atomic mass is 10.2. The Labute approximate surface area is 113 Å². The van der Waals surface area contributed by atoms with E-state index in [1.807, 2.05) is 0 Å². The highest BCUT2D eigenvalue weighted by atomic mass is 16.6. The highest BCUT2D eigenvalue weighted by Crippen LogP contribution is 2.15. The molecule has 0 aliphatic carbocycles. The zero-order chi connectivity index (χ0) is 14.6. The van der Waals surface area contributed by atoms with Gasteiger partial charge in [0.25, 0.3) is 5.91 Å². The van der Waals surface area contributed by atoms with Crippen molar-refractivity contribution in [1.82, 2.24) is 4.90 Å². The first-order chi connectivity index (χ1) is 8.74. The zero-order valence-electron chi connectivity index (χ0n) is 11.9. The Kier molecular flexibility index (Phi) is 4.53. The Morgan fingerprint density at radius 2 is 1.84 bits per heavy atom. The van der Waals surface area contributed by atoms with Crippen molar-refractivity contribution in [3.63, 3.8) is 0 Å². The van der Waals surface area contributed by atoms with Crippen LogP contribution in [-0.4, -0.2) is 36.7 Å². The molecule has 0 atom stereocenters. The Bertz CT molecular complexity index is 477. The highest BCUT2D eigenvalue weighted by Gasteiger charge is 2.24. The summed E-state index contributed by atoms with van der Waals surface area (Å²) >= 11 is 0. The average Bonchev–Trinajstić information content (AvgIpc) is 2.35. The molecule has 0 unspecified atom stereocenters. The van der Waals surface area contributed by atoms with Crippen LogP contribution in [0.3, 0.4) is 0 Å². The second-order valence-corrected chi connectivity index (χ2v) is 5.08. The number of hydrogen-bond donors (Lipinski definition) is 0. The molecule has 0 radical (unpaired) electrons. The standard InChI is InChI=1S/C14H19NO4/c1-14(2,3)19-13(17)15(4)12(16)10-7-6-8-11(9-10)18-5/h6-9H,1-5H3. The molecule has 0 spiro atoms. The molecule has 0 N–H and O–H groups in total. The molecule has 0 aromatic heterocycles. The van der Waals surface area contributed by atoms with E-state index < -0.39 is 17.6 Å². The predicted octanol–water partition coefficient (Wildman–Crippen LogP) is 2.70. The third-order valence-corrected chi connectivity index (χ3v) is 2.29. The molecule has 0 fully saturated rings. The van der Waals surface area contributed by atoms with E-state index in [-0.39, 0.29) is 0 Å². The normalized spacial score (nSPS) is 10.8. The molecule has 0 aliphatic rings. The first kappa shape index (κ1) is 15.0. The molecule has 104 valence electrons. The molecule has 0 saturated carbocycles. The van der Waals surface area contributed by atoms with Crippen LogP contribution in [0.4, 0.5) is 4.79 Å². The van der Waals surface area contributed by atoms with Gasteiger partial charge in [0.15, 0.2) is 0 Å². The number of benzene rings is 1. The number of ether oxygens (including phenoxy) is 2. The molecule has 0 aliphatic heterocycles. The zero-order valence-corrected chi connectivity index (χ0v) is 11.9. The van der Waals surface area contributed by atoms with Crippen molar-refractivity contribution in [3.8, 4) is 5.75 Å². The highest BCUT2D eigenvalue weighted by molar-refractivity contribution is 6.02. The van der Waals surface area contributed by atoms with Crippen molar-refractivity contribution < 1.29 is 19.1 Å². The Morgan fingerprint density at radius 1 is 1.21 bits per heavy atom. The molecule has 1 aromatic carbocycles. The third-order valence-electron chi connectivity index (χ3n) is 2.29. The molecule has 19 heavy (non-hydrogen) atoms. The van der Waals surface area contributed by atoms with Gasteiger partial charge in [0.05, 0.1) is 7.11 Å². The second kappa shape index (κ2) is 5.73. The number of rotatable bonds is 2. The van der Waals surface area contributed by atoms with E-state index in [0.29, 0.717) is 11.3 Å². The van der Waals surface area contributed by atoms with Crippen LogP contribution in [0, 0.1) is 0 Å². The van der Waals surface area contributed by atoms with Crippen molar-refractivity contribution in [2.24, 2.45) is 0 Å². The quantitative estimate of drug-likeness (QED) is 0.825. The molecule has 0 bridgehead atoms. The topological polar surface area (TPSA) is 55.8 Å². The lowest BCUT2D eigenvalue weighted by Gasteiger charge is -2.23. The van der Waals surface area contributed by atoms with E-state index in [0.717, 1.165) is 4.90 Å². The summed E-state index contributed by atoms with van der Waals surface area (Å²) in [6, 6.07) is 6.61. The minimum absolute atomic E-state index is 0.368. The number of methoxy groups -OCH3 is 1. The number of amides is 2. The van der Waals surface area contributed by atoms with Crippen molar-refractivity contribution in [2.45, 2.75) is 26.4 Å². The molecular weight excluding hydrogens is 246 g/mol. The van der Waals surface area contributed by atoms with Crippen LogP contribution in [0.2, 0.25) is 0 Å². The monoisotopic (exact) mass is 265 g/mol. The van der Waals surface area contributed by atoms with Gasteiger partial charge >= 0.3 is 6.09 Å². The van der Waals surface area contributed by atoms with E-state index in [9.17, 15) is 9.59 Å². The minimum Gasteiger partial charge on any atom is -0.497 e. The molecule has 2 amide bonds. The van der Waals surface area contributed by atoms with Gasteiger partial charge in [0.2, 0.25) is 0 Å². The van der Waals surface area contributed by atoms with E-state index in [2.05, 4.69) is 0 Å². The van der Waals surface area contributed by atoms with Gasteiger partial charge in [0.1, 0.15) is 11.4 Å². The van der Waals surface area contributed by atoms with Gasteiger partial charge in [-0.1, -0.05) is 6.07 Å². The van der Waals surface area contributed by atoms with Crippen LogP contribution in [-0.2, 0) is 4.74 Å². The summed E-state index contributed by atoms with van der Waals surface area (Å²) in [5, 5.41) is 0. The lowest BCUT2D eigenvalue weighted by molar-refractivity contribution is 0.0284. The molecule has 1 rings (SSSR count). The minimum atomic E-state index is -0.680. The summed E-state index contributed by atoms with van der Waals surface area (Å²) in [7, 11) is 2.90. The number of carbonyl (C=O) groups excluding carboxylic acids is 2. The Morgan fingerprint density at radius 3 is 2.37 bits per heavy atom. The fraction of sp³-hybridized carbons (Fsp3) is 0.429. The van der Waals surface area contributed by atoms with Gasteiger partial charge in [-0.15, -0.1) is 0 Å². The van der Waals surface area contributed by atoms with Crippen molar-refractivity contribution in [2.75, 3.05) is 14.2 Å². The Balaban J connectivity index is 2.84. The van der Waals surface area contributed by atoms with Gasteiger partial charge in [-0.25, -0.2) is 9.69 Å². The van der Waals surface area contributed by atoms with Crippen LogP contribution in [0.1, 0.15) is 31.1 Å². The number of nitrogens with zero attached hydrogens (tertiary/aromatic N) is 1. The van der Waals surface area contributed by atoms with Gasteiger partial charge < -0.3 is 9.47 Å². The van der Waals surface area contributed by atoms with E-state index in [4.69, 9.17) is 9.47 Å². The molecule has 0 heterocycles. The summed E-state index contributed by atoms with van der Waals surface area (Å²) < 4.78 is 10.2. The Hall–Kier alpha value is -2.04. The van der Waals surface area contributed by atoms with Gasteiger partial charge in [-0.05, 0) is 39.0 Å². The molecule has 1 aromatic rings. The van der Waals surface area contributed by atoms with Crippen molar-refractivity contribution in [1.29, 1.82) is 0 Å². The van der Waals surface area contributed by atoms with Crippen LogP contribution >= 0.6 is 0 Å². The summed E-state index contributed by atoms with van der Waals surface area (Å²) in [6.07, 6.45) is -0.680. The fourth-order valence-corrected chi connectivity index (χ4v) is 1.36. The van der Waals surface area contributed by atoms with Crippen LogP contribution < -0.4 is 4.74 Å². The summed E-state index contributed by atoms with van der Waals surface area (Å²) in [6.45, 7) is 5.23. The lowest BCUT2D eigenvalue weighted by Crippen LogP contribution is -2.38. The van der Waals surface area contributed by atoms with Crippen LogP contribution in [0.15, 0.2) is 24.3 Å². The van der Waals surface area contributed by atoms with Crippen LogP contribution in [0.25, 0.3) is 0 Å². The van der Waals surface area contributed by atoms with Crippen LogP contribution in [0.5, 0.6) is 5.75 Å². The number of imide groups is 1. The van der Waals surface area contributed by atoms with E-state index >= 15 is 0 Å².